The molecule has 1 atom stereocenters. The average molecular weight is 300 g/mol. The summed E-state index contributed by atoms with van der Waals surface area (Å²) in [6.07, 6.45) is 4.94. The van der Waals surface area contributed by atoms with Crippen LogP contribution >= 0.6 is 0 Å². The van der Waals surface area contributed by atoms with Crippen molar-refractivity contribution in [3.05, 3.63) is 35.9 Å². The summed E-state index contributed by atoms with van der Waals surface area (Å²) in [5.74, 6) is 0.842. The molecule has 1 heterocycles. The molecule has 0 aromatic heterocycles. The SMILES string of the molecule is O=C(NCC1CC(=O)N(Cc2ccccc2)C1)C1CCCC1. The Morgan fingerprint density at radius 3 is 2.64 bits per heavy atom. The zero-order valence-corrected chi connectivity index (χ0v) is 13.0. The molecule has 1 aliphatic heterocycles. The van der Waals surface area contributed by atoms with Crippen molar-refractivity contribution in [1.82, 2.24) is 10.2 Å². The summed E-state index contributed by atoms with van der Waals surface area (Å²) >= 11 is 0. The molecule has 1 unspecified atom stereocenters. The van der Waals surface area contributed by atoms with E-state index in [1.807, 2.05) is 35.2 Å². The van der Waals surface area contributed by atoms with Crippen LogP contribution in [0.3, 0.4) is 0 Å². The smallest absolute Gasteiger partial charge is 0.223 e. The van der Waals surface area contributed by atoms with E-state index in [1.165, 1.54) is 12.8 Å². The summed E-state index contributed by atoms with van der Waals surface area (Å²) in [5.41, 5.74) is 1.16. The molecule has 1 aliphatic carbocycles. The number of hydrogen-bond acceptors (Lipinski definition) is 2. The Morgan fingerprint density at radius 1 is 1.18 bits per heavy atom. The van der Waals surface area contributed by atoms with E-state index in [1.54, 1.807) is 0 Å². The first-order chi connectivity index (χ1) is 10.7. The minimum absolute atomic E-state index is 0.187. The summed E-state index contributed by atoms with van der Waals surface area (Å²) in [7, 11) is 0. The number of nitrogens with one attached hydrogen (secondary N) is 1. The van der Waals surface area contributed by atoms with Gasteiger partial charge in [-0.05, 0) is 18.4 Å². The van der Waals surface area contributed by atoms with E-state index in [9.17, 15) is 9.59 Å². The number of carbonyl (C=O) groups excluding carboxylic acids is 2. The number of amides is 2. The Bertz CT molecular complexity index is 523. The third kappa shape index (κ3) is 3.67. The molecule has 1 aromatic rings. The van der Waals surface area contributed by atoms with Gasteiger partial charge in [0.15, 0.2) is 0 Å². The maximum absolute atomic E-state index is 12.1. The molecule has 2 aliphatic rings. The van der Waals surface area contributed by atoms with Gasteiger partial charge < -0.3 is 10.2 Å². The van der Waals surface area contributed by atoms with Crippen LogP contribution in [0.5, 0.6) is 0 Å². The van der Waals surface area contributed by atoms with Gasteiger partial charge in [0.1, 0.15) is 0 Å². The number of hydrogen-bond donors (Lipinski definition) is 1. The molecule has 4 nitrogen and oxygen atoms in total. The predicted molar refractivity (Wildman–Crippen MR) is 84.9 cm³/mol. The molecule has 118 valence electrons. The molecule has 1 saturated carbocycles. The zero-order valence-electron chi connectivity index (χ0n) is 13.0. The highest BCUT2D eigenvalue weighted by Gasteiger charge is 2.30. The molecule has 2 amide bonds. The maximum atomic E-state index is 12.1. The molecule has 3 rings (SSSR count). The predicted octanol–water partition coefficient (Wildman–Crippen LogP) is 2.34. The summed E-state index contributed by atoms with van der Waals surface area (Å²) in [6.45, 7) is 2.05. The van der Waals surface area contributed by atoms with Crippen molar-refractivity contribution in [2.24, 2.45) is 11.8 Å². The molecule has 22 heavy (non-hydrogen) atoms. The highest BCUT2D eigenvalue weighted by Crippen LogP contribution is 2.25. The van der Waals surface area contributed by atoms with Crippen LogP contribution in [-0.2, 0) is 16.1 Å². The Balaban J connectivity index is 1.46. The van der Waals surface area contributed by atoms with Crippen molar-refractivity contribution in [2.45, 2.75) is 38.6 Å². The second-order valence-electron chi connectivity index (χ2n) is 6.56. The summed E-state index contributed by atoms with van der Waals surface area (Å²) in [4.78, 5) is 26.1. The van der Waals surface area contributed by atoms with E-state index in [2.05, 4.69) is 5.32 Å². The molecule has 2 fully saturated rings. The summed E-state index contributed by atoms with van der Waals surface area (Å²) in [6, 6.07) is 10.1. The van der Waals surface area contributed by atoms with Crippen LogP contribution in [0.4, 0.5) is 0 Å². The molecule has 0 spiro atoms. The van der Waals surface area contributed by atoms with Crippen LogP contribution in [0.15, 0.2) is 30.3 Å². The molecule has 0 radical (unpaired) electrons. The molecule has 1 saturated heterocycles. The number of nitrogens with zero attached hydrogens (tertiary/aromatic N) is 1. The summed E-state index contributed by atoms with van der Waals surface area (Å²) in [5, 5.41) is 3.05. The van der Waals surface area contributed by atoms with Gasteiger partial charge in [0.05, 0.1) is 0 Å². The van der Waals surface area contributed by atoms with Crippen molar-refractivity contribution < 1.29 is 9.59 Å². The van der Waals surface area contributed by atoms with Gasteiger partial charge in [-0.2, -0.15) is 0 Å². The second kappa shape index (κ2) is 6.95. The Kier molecular flexibility index (Phi) is 4.76. The van der Waals surface area contributed by atoms with E-state index < -0.39 is 0 Å². The topological polar surface area (TPSA) is 49.4 Å². The minimum atomic E-state index is 0.187. The quantitative estimate of drug-likeness (QED) is 0.907. The number of carbonyl (C=O) groups is 2. The molecule has 0 bridgehead atoms. The van der Waals surface area contributed by atoms with Crippen LogP contribution in [0.2, 0.25) is 0 Å². The monoisotopic (exact) mass is 300 g/mol. The van der Waals surface area contributed by atoms with Crippen molar-refractivity contribution in [2.75, 3.05) is 13.1 Å². The van der Waals surface area contributed by atoms with Gasteiger partial charge in [-0.15, -0.1) is 0 Å². The fourth-order valence-electron chi connectivity index (χ4n) is 3.52. The minimum Gasteiger partial charge on any atom is -0.356 e. The lowest BCUT2D eigenvalue weighted by molar-refractivity contribution is -0.128. The molecular formula is C18H24N2O2. The van der Waals surface area contributed by atoms with Crippen LogP contribution < -0.4 is 5.32 Å². The zero-order chi connectivity index (χ0) is 15.4. The lowest BCUT2D eigenvalue weighted by Crippen LogP contribution is -2.34. The standard InChI is InChI=1S/C18H24N2O2/c21-17-10-15(11-19-18(22)16-8-4-5-9-16)13-20(17)12-14-6-2-1-3-7-14/h1-3,6-7,15-16H,4-5,8-13H2,(H,19,22). The normalized spacial score (nSPS) is 22.3. The Labute approximate surface area is 131 Å². The van der Waals surface area contributed by atoms with Crippen LogP contribution in [0.25, 0.3) is 0 Å². The van der Waals surface area contributed by atoms with E-state index in [-0.39, 0.29) is 23.7 Å². The van der Waals surface area contributed by atoms with Gasteiger partial charge in [0.25, 0.3) is 0 Å². The van der Waals surface area contributed by atoms with Crippen LogP contribution in [0.1, 0.15) is 37.7 Å². The van der Waals surface area contributed by atoms with Gasteiger partial charge in [-0.25, -0.2) is 0 Å². The molecule has 1 aromatic carbocycles. The first kappa shape index (κ1) is 15.1. The third-order valence-corrected chi connectivity index (χ3v) is 4.80. The Morgan fingerprint density at radius 2 is 1.91 bits per heavy atom. The van der Waals surface area contributed by atoms with Crippen molar-refractivity contribution in [3.8, 4) is 0 Å². The second-order valence-corrected chi connectivity index (χ2v) is 6.56. The van der Waals surface area contributed by atoms with E-state index in [0.29, 0.717) is 19.5 Å². The average Bonchev–Trinajstić information content (AvgIpc) is 3.17. The fraction of sp³-hybridized carbons (Fsp3) is 0.556. The molecular weight excluding hydrogens is 276 g/mol. The first-order valence-electron chi connectivity index (χ1n) is 8.32. The fourth-order valence-corrected chi connectivity index (χ4v) is 3.52. The van der Waals surface area contributed by atoms with Crippen molar-refractivity contribution in [3.63, 3.8) is 0 Å². The van der Waals surface area contributed by atoms with Gasteiger partial charge >= 0.3 is 0 Å². The maximum Gasteiger partial charge on any atom is 0.223 e. The van der Waals surface area contributed by atoms with Gasteiger partial charge in [0, 0.05) is 37.9 Å². The van der Waals surface area contributed by atoms with E-state index in [0.717, 1.165) is 24.9 Å². The van der Waals surface area contributed by atoms with Crippen molar-refractivity contribution in [1.29, 1.82) is 0 Å². The molecule has 4 heteroatoms. The van der Waals surface area contributed by atoms with Crippen LogP contribution in [-0.4, -0.2) is 29.8 Å². The third-order valence-electron chi connectivity index (χ3n) is 4.80. The lowest BCUT2D eigenvalue weighted by atomic mass is 10.1. The first-order valence-corrected chi connectivity index (χ1v) is 8.32. The number of likely N-dealkylation sites (tertiary alicyclic amines) is 1. The van der Waals surface area contributed by atoms with E-state index in [4.69, 9.17) is 0 Å². The summed E-state index contributed by atoms with van der Waals surface area (Å²) < 4.78 is 0. The lowest BCUT2D eigenvalue weighted by Gasteiger charge is -2.17. The number of benzene rings is 1. The largest absolute Gasteiger partial charge is 0.356 e. The molecule has 1 N–H and O–H groups in total. The Hall–Kier alpha value is -1.84. The number of rotatable bonds is 5. The van der Waals surface area contributed by atoms with Gasteiger partial charge in [-0.1, -0.05) is 43.2 Å². The highest BCUT2D eigenvalue weighted by atomic mass is 16.2. The van der Waals surface area contributed by atoms with Crippen LogP contribution in [0, 0.1) is 11.8 Å². The van der Waals surface area contributed by atoms with Gasteiger partial charge in [-0.3, -0.25) is 9.59 Å². The van der Waals surface area contributed by atoms with E-state index >= 15 is 0 Å². The van der Waals surface area contributed by atoms with Crippen molar-refractivity contribution >= 4 is 11.8 Å². The van der Waals surface area contributed by atoms with Gasteiger partial charge in [0.2, 0.25) is 11.8 Å². The highest BCUT2D eigenvalue weighted by molar-refractivity contribution is 5.80.